The molecule has 1 aromatic heterocycles. The van der Waals surface area contributed by atoms with Gasteiger partial charge in [-0.2, -0.15) is 13.2 Å². The molecule has 222 valence electrons. The van der Waals surface area contributed by atoms with Crippen molar-refractivity contribution in [2.75, 3.05) is 12.0 Å². The molecular formula is C30H30F5N5O2. The molecule has 2 heterocycles. The highest BCUT2D eigenvalue weighted by Gasteiger charge is 2.71. The van der Waals surface area contributed by atoms with Crippen LogP contribution in [0.4, 0.5) is 27.6 Å². The van der Waals surface area contributed by atoms with Crippen molar-refractivity contribution in [2.45, 2.75) is 68.4 Å². The predicted octanol–water partition coefficient (Wildman–Crippen LogP) is 5.22. The maximum absolute atomic E-state index is 14.2. The van der Waals surface area contributed by atoms with Crippen LogP contribution in [0.25, 0.3) is 0 Å². The minimum atomic E-state index is -4.66. The first-order valence-corrected chi connectivity index (χ1v) is 14.1. The molecule has 2 atom stereocenters. The number of aromatic nitrogens is 3. The molecule has 0 radical (unpaired) electrons. The Hall–Kier alpha value is -3.38. The van der Waals surface area contributed by atoms with Gasteiger partial charge in [-0.3, -0.25) is 4.79 Å². The van der Waals surface area contributed by atoms with Crippen LogP contribution in [0.3, 0.4) is 0 Å². The third-order valence-corrected chi connectivity index (χ3v) is 9.78. The van der Waals surface area contributed by atoms with Gasteiger partial charge in [0.15, 0.2) is 0 Å². The van der Waals surface area contributed by atoms with Crippen LogP contribution in [0.1, 0.15) is 64.1 Å². The van der Waals surface area contributed by atoms with Gasteiger partial charge in [-0.05, 0) is 66.6 Å². The van der Waals surface area contributed by atoms with E-state index in [0.29, 0.717) is 36.9 Å². The predicted molar refractivity (Wildman–Crippen MR) is 142 cm³/mol. The summed E-state index contributed by atoms with van der Waals surface area (Å²) >= 11 is 0. The van der Waals surface area contributed by atoms with Gasteiger partial charge in [0.1, 0.15) is 12.2 Å². The maximum Gasteiger partial charge on any atom is 0.416 e. The molecule has 2 unspecified atom stereocenters. The van der Waals surface area contributed by atoms with Crippen LogP contribution >= 0.6 is 0 Å². The third-order valence-electron chi connectivity index (χ3n) is 9.78. The molecule has 7 rings (SSSR count). The largest absolute Gasteiger partial charge is 0.416 e. The molecule has 1 N–H and O–H groups in total. The Kier molecular flexibility index (Phi) is 6.08. The SMILES string of the molecule is COC1CC(c2cccc(N3Cc4c(cc(CNC5CC6C(C5)C6(F)F)cc4C(F)(F)F)C3=O)c2)(c2nncn2C)C1. The molecule has 3 aliphatic carbocycles. The molecule has 42 heavy (non-hydrogen) atoms. The van der Waals surface area contributed by atoms with E-state index >= 15 is 0 Å². The van der Waals surface area contributed by atoms with Crippen molar-refractivity contribution in [3.63, 3.8) is 0 Å². The monoisotopic (exact) mass is 587 g/mol. The Balaban J connectivity index is 1.17. The van der Waals surface area contributed by atoms with E-state index < -0.39 is 40.8 Å². The average Bonchev–Trinajstić information content (AvgIpc) is 3.43. The summed E-state index contributed by atoms with van der Waals surface area (Å²) in [4.78, 5) is 15.0. The molecule has 0 spiro atoms. The van der Waals surface area contributed by atoms with Crippen molar-refractivity contribution in [1.82, 2.24) is 20.1 Å². The van der Waals surface area contributed by atoms with Crippen molar-refractivity contribution in [3.8, 4) is 0 Å². The summed E-state index contributed by atoms with van der Waals surface area (Å²) in [6.45, 7) is -0.144. The second-order valence-corrected chi connectivity index (χ2v) is 12.2. The van der Waals surface area contributed by atoms with Crippen LogP contribution in [-0.4, -0.2) is 45.8 Å². The fourth-order valence-electron chi connectivity index (χ4n) is 7.39. The van der Waals surface area contributed by atoms with E-state index in [4.69, 9.17) is 4.74 Å². The standard InChI is InChI=1S/C30H30F5N5O2/c1-39-15-37-38-27(39)28(11-20(12-28)42-2)17-4-3-5-19(8-17)40-14-22-21(26(40)41)6-16(7-23(22)30(33,34)35)13-36-18-9-24-25(10-18)29(24,31)32/h3-8,15,18,20,24-25,36H,9-14H2,1-2H3. The zero-order valence-corrected chi connectivity index (χ0v) is 23.1. The summed E-state index contributed by atoms with van der Waals surface area (Å²) in [5, 5.41) is 11.5. The van der Waals surface area contributed by atoms with Crippen LogP contribution in [0.5, 0.6) is 0 Å². The minimum absolute atomic E-state index is 0.0129. The number of carbonyl (C=O) groups is 1. The topological polar surface area (TPSA) is 72.3 Å². The summed E-state index contributed by atoms with van der Waals surface area (Å²) < 4.78 is 77.2. The number of methoxy groups -OCH3 is 1. The summed E-state index contributed by atoms with van der Waals surface area (Å²) in [6.07, 6.45) is -1.10. The van der Waals surface area contributed by atoms with Gasteiger partial charge in [-0.15, -0.1) is 10.2 Å². The first kappa shape index (κ1) is 27.5. The van der Waals surface area contributed by atoms with E-state index in [1.165, 1.54) is 11.0 Å². The summed E-state index contributed by atoms with van der Waals surface area (Å²) in [6, 6.07) is 9.71. The van der Waals surface area contributed by atoms with Crippen molar-refractivity contribution in [2.24, 2.45) is 18.9 Å². The number of nitrogens with one attached hydrogen (secondary N) is 1. The molecule has 1 aliphatic heterocycles. The van der Waals surface area contributed by atoms with Gasteiger partial charge in [-0.1, -0.05) is 12.1 Å². The van der Waals surface area contributed by atoms with Gasteiger partial charge < -0.3 is 19.5 Å². The van der Waals surface area contributed by atoms with E-state index in [1.807, 2.05) is 23.7 Å². The zero-order chi connectivity index (χ0) is 29.6. The van der Waals surface area contributed by atoms with E-state index in [2.05, 4.69) is 15.5 Å². The highest BCUT2D eigenvalue weighted by Crippen LogP contribution is 2.64. The van der Waals surface area contributed by atoms with Crippen molar-refractivity contribution >= 4 is 11.6 Å². The van der Waals surface area contributed by atoms with Crippen LogP contribution < -0.4 is 10.2 Å². The van der Waals surface area contributed by atoms with Crippen molar-refractivity contribution in [1.29, 1.82) is 0 Å². The molecule has 3 saturated carbocycles. The van der Waals surface area contributed by atoms with Gasteiger partial charge in [0, 0.05) is 49.8 Å². The number of halogens is 5. The second kappa shape index (κ2) is 9.31. The number of hydrogen-bond donors (Lipinski definition) is 1. The number of anilines is 1. The lowest BCUT2D eigenvalue weighted by atomic mass is 9.62. The molecule has 2 aromatic carbocycles. The molecule has 0 saturated heterocycles. The second-order valence-electron chi connectivity index (χ2n) is 12.2. The molecule has 1 amide bonds. The number of ether oxygens (including phenoxy) is 1. The number of amides is 1. The summed E-state index contributed by atoms with van der Waals surface area (Å²) in [5.41, 5.74) is 0.289. The number of benzene rings is 2. The van der Waals surface area contributed by atoms with Gasteiger partial charge >= 0.3 is 6.18 Å². The van der Waals surface area contributed by atoms with Gasteiger partial charge in [0.25, 0.3) is 11.8 Å². The molecule has 3 fully saturated rings. The smallest absolute Gasteiger partial charge is 0.381 e. The van der Waals surface area contributed by atoms with E-state index in [-0.39, 0.29) is 36.4 Å². The first-order chi connectivity index (χ1) is 19.9. The van der Waals surface area contributed by atoms with Gasteiger partial charge in [0.05, 0.1) is 23.6 Å². The fraction of sp³-hybridized carbons (Fsp3) is 0.500. The van der Waals surface area contributed by atoms with Crippen molar-refractivity contribution < 1.29 is 31.5 Å². The number of fused-ring (bicyclic) bond motifs is 2. The normalized spacial score (nSPS) is 29.4. The highest BCUT2D eigenvalue weighted by molar-refractivity contribution is 6.10. The van der Waals surface area contributed by atoms with E-state index in [1.54, 1.807) is 25.6 Å². The lowest BCUT2D eigenvalue weighted by Crippen LogP contribution is -2.48. The van der Waals surface area contributed by atoms with Gasteiger partial charge in [0.2, 0.25) is 0 Å². The van der Waals surface area contributed by atoms with Crippen LogP contribution in [0, 0.1) is 11.8 Å². The van der Waals surface area contributed by atoms with Crippen molar-refractivity contribution in [3.05, 3.63) is 76.4 Å². The molecular weight excluding hydrogens is 557 g/mol. The lowest BCUT2D eigenvalue weighted by molar-refractivity contribution is -0.138. The number of aryl methyl sites for hydroxylation is 1. The Morgan fingerprint density at radius 1 is 1.12 bits per heavy atom. The zero-order valence-electron chi connectivity index (χ0n) is 23.1. The van der Waals surface area contributed by atoms with Gasteiger partial charge in [-0.25, -0.2) is 8.78 Å². The number of alkyl halides is 5. The number of carbonyl (C=O) groups excluding carboxylic acids is 1. The molecule has 3 aromatic rings. The van der Waals surface area contributed by atoms with E-state index in [0.717, 1.165) is 17.5 Å². The number of nitrogens with zero attached hydrogens (tertiary/aromatic N) is 4. The van der Waals surface area contributed by atoms with E-state index in [9.17, 15) is 26.7 Å². The Morgan fingerprint density at radius 2 is 1.86 bits per heavy atom. The third kappa shape index (κ3) is 4.16. The Bertz CT molecular complexity index is 1550. The van der Waals surface area contributed by atoms with Crippen LogP contribution in [-0.2, 0) is 36.5 Å². The fourth-order valence-corrected chi connectivity index (χ4v) is 7.39. The Labute approximate surface area is 239 Å². The summed E-state index contributed by atoms with van der Waals surface area (Å²) in [7, 11) is 3.51. The highest BCUT2D eigenvalue weighted by atomic mass is 19.4. The molecule has 7 nitrogen and oxygen atoms in total. The van der Waals surface area contributed by atoms with Crippen LogP contribution in [0.2, 0.25) is 0 Å². The van der Waals surface area contributed by atoms with Crippen LogP contribution in [0.15, 0.2) is 42.7 Å². The minimum Gasteiger partial charge on any atom is -0.381 e. The summed E-state index contributed by atoms with van der Waals surface area (Å²) in [5.74, 6) is -3.64. The molecule has 0 bridgehead atoms. The molecule has 4 aliphatic rings. The maximum atomic E-state index is 14.2. The molecule has 12 heteroatoms. The first-order valence-electron chi connectivity index (χ1n) is 14.1. The number of rotatable bonds is 7. The quantitative estimate of drug-likeness (QED) is 0.384. The number of hydrogen-bond acceptors (Lipinski definition) is 5. The average molecular weight is 588 g/mol. The Morgan fingerprint density at radius 3 is 2.50 bits per heavy atom. The lowest BCUT2D eigenvalue weighted by Gasteiger charge is -2.46.